The Morgan fingerprint density at radius 1 is 1.05 bits per heavy atom. The minimum Gasteiger partial charge on any atom is -0.368 e. The minimum atomic E-state index is -1.13. The van der Waals surface area contributed by atoms with Crippen LogP contribution in [-0.4, -0.2) is 17.9 Å². The number of nitrogens with two attached hydrogens (primary N) is 1. The summed E-state index contributed by atoms with van der Waals surface area (Å²) in [4.78, 5) is 23.5. The number of carbonyl (C=O) groups excluding carboxylic acids is 2. The van der Waals surface area contributed by atoms with Gasteiger partial charge in [0.2, 0.25) is 5.91 Å². The molecular formula is C16H14F2N2O2. The predicted octanol–water partition coefficient (Wildman–Crippen LogP) is 1.79. The predicted molar refractivity (Wildman–Crippen MR) is 77.0 cm³/mol. The van der Waals surface area contributed by atoms with E-state index in [-0.39, 0.29) is 12.0 Å². The summed E-state index contributed by atoms with van der Waals surface area (Å²) in [5.74, 6) is -3.59. The lowest BCUT2D eigenvalue weighted by Gasteiger charge is -2.15. The Balaban J connectivity index is 2.12. The summed E-state index contributed by atoms with van der Waals surface area (Å²) in [6.07, 6.45) is 0.214. The van der Waals surface area contributed by atoms with Crippen LogP contribution in [0.2, 0.25) is 0 Å². The second-order valence-corrected chi connectivity index (χ2v) is 4.75. The van der Waals surface area contributed by atoms with Gasteiger partial charge in [0.15, 0.2) is 11.6 Å². The van der Waals surface area contributed by atoms with E-state index in [1.807, 2.05) is 6.07 Å². The molecule has 6 heteroatoms. The van der Waals surface area contributed by atoms with Crippen molar-refractivity contribution in [3.8, 4) is 0 Å². The third-order valence-corrected chi connectivity index (χ3v) is 3.11. The first-order valence-electron chi connectivity index (χ1n) is 6.56. The Hall–Kier alpha value is -2.76. The molecule has 0 aliphatic heterocycles. The molecule has 0 fully saturated rings. The lowest BCUT2D eigenvalue weighted by Crippen LogP contribution is -2.45. The van der Waals surface area contributed by atoms with Gasteiger partial charge in [0.05, 0.1) is 0 Å². The average Bonchev–Trinajstić information content (AvgIpc) is 2.50. The van der Waals surface area contributed by atoms with Crippen molar-refractivity contribution < 1.29 is 18.4 Å². The number of hydrogen-bond donors (Lipinski definition) is 2. The third kappa shape index (κ3) is 3.88. The van der Waals surface area contributed by atoms with Crippen molar-refractivity contribution in [2.45, 2.75) is 12.5 Å². The quantitative estimate of drug-likeness (QED) is 0.884. The van der Waals surface area contributed by atoms with Crippen molar-refractivity contribution in [3.05, 3.63) is 71.3 Å². The zero-order chi connectivity index (χ0) is 16.1. The van der Waals surface area contributed by atoms with Crippen molar-refractivity contribution in [1.82, 2.24) is 5.32 Å². The van der Waals surface area contributed by atoms with Gasteiger partial charge < -0.3 is 11.1 Å². The molecule has 0 bridgehead atoms. The largest absolute Gasteiger partial charge is 0.368 e. The molecule has 2 amide bonds. The second-order valence-electron chi connectivity index (χ2n) is 4.75. The van der Waals surface area contributed by atoms with Crippen LogP contribution >= 0.6 is 0 Å². The van der Waals surface area contributed by atoms with Crippen molar-refractivity contribution in [3.63, 3.8) is 0 Å². The smallest absolute Gasteiger partial charge is 0.252 e. The molecular weight excluding hydrogens is 290 g/mol. The van der Waals surface area contributed by atoms with E-state index in [4.69, 9.17) is 5.73 Å². The summed E-state index contributed by atoms with van der Waals surface area (Å²) in [5.41, 5.74) is 6.01. The van der Waals surface area contributed by atoms with Crippen LogP contribution in [0.25, 0.3) is 0 Å². The number of primary amides is 1. The molecule has 3 N–H and O–H groups in total. The maximum absolute atomic E-state index is 13.1. The van der Waals surface area contributed by atoms with Gasteiger partial charge in [-0.1, -0.05) is 30.3 Å². The van der Waals surface area contributed by atoms with E-state index >= 15 is 0 Å². The van der Waals surface area contributed by atoms with Crippen molar-refractivity contribution in [2.24, 2.45) is 5.73 Å². The van der Waals surface area contributed by atoms with Crippen LogP contribution in [0.15, 0.2) is 48.5 Å². The Bertz CT molecular complexity index is 690. The molecule has 1 atom stereocenters. The Morgan fingerprint density at radius 3 is 2.32 bits per heavy atom. The zero-order valence-electron chi connectivity index (χ0n) is 11.6. The number of halogens is 2. The summed E-state index contributed by atoms with van der Waals surface area (Å²) in [6.45, 7) is 0. The number of amides is 2. The first kappa shape index (κ1) is 15.6. The second kappa shape index (κ2) is 6.80. The molecule has 4 nitrogen and oxygen atoms in total. The van der Waals surface area contributed by atoms with Gasteiger partial charge in [0, 0.05) is 12.0 Å². The van der Waals surface area contributed by atoms with Crippen LogP contribution in [-0.2, 0) is 11.2 Å². The fourth-order valence-corrected chi connectivity index (χ4v) is 1.95. The van der Waals surface area contributed by atoms with Crippen LogP contribution < -0.4 is 11.1 Å². The first-order chi connectivity index (χ1) is 10.5. The number of nitrogens with one attached hydrogen (secondary N) is 1. The van der Waals surface area contributed by atoms with Gasteiger partial charge in [-0.05, 0) is 23.8 Å². The van der Waals surface area contributed by atoms with Gasteiger partial charge in [-0.25, -0.2) is 8.78 Å². The van der Waals surface area contributed by atoms with Gasteiger partial charge in [-0.2, -0.15) is 0 Å². The summed E-state index contributed by atoms with van der Waals surface area (Å²) in [7, 11) is 0. The minimum absolute atomic E-state index is 0.0850. The van der Waals surface area contributed by atoms with Crippen LogP contribution in [0.5, 0.6) is 0 Å². The van der Waals surface area contributed by atoms with Crippen molar-refractivity contribution in [1.29, 1.82) is 0 Å². The molecule has 0 aliphatic rings. The summed E-state index contributed by atoms with van der Waals surface area (Å²) in [5, 5.41) is 2.43. The maximum Gasteiger partial charge on any atom is 0.252 e. The molecule has 0 saturated carbocycles. The van der Waals surface area contributed by atoms with E-state index < -0.39 is 29.5 Å². The molecule has 0 saturated heterocycles. The molecule has 2 aromatic carbocycles. The number of carbonyl (C=O) groups is 2. The van der Waals surface area contributed by atoms with Gasteiger partial charge in [0.1, 0.15) is 6.04 Å². The topological polar surface area (TPSA) is 72.2 Å². The van der Waals surface area contributed by atoms with Crippen LogP contribution in [0.3, 0.4) is 0 Å². The van der Waals surface area contributed by atoms with Crippen LogP contribution in [0.4, 0.5) is 8.78 Å². The summed E-state index contributed by atoms with van der Waals surface area (Å²) in [6, 6.07) is 10.8. The van der Waals surface area contributed by atoms with E-state index in [1.54, 1.807) is 24.3 Å². The highest BCUT2D eigenvalue weighted by atomic mass is 19.2. The van der Waals surface area contributed by atoms with Crippen LogP contribution in [0.1, 0.15) is 15.9 Å². The van der Waals surface area contributed by atoms with Gasteiger partial charge >= 0.3 is 0 Å². The fraction of sp³-hybridized carbons (Fsp3) is 0.125. The van der Waals surface area contributed by atoms with E-state index in [1.165, 1.54) is 0 Å². The van der Waals surface area contributed by atoms with E-state index in [9.17, 15) is 18.4 Å². The standard InChI is InChI=1S/C16H14F2N2O2/c17-12-7-6-11(9-13(12)18)16(22)20-14(15(19)21)8-10-4-2-1-3-5-10/h1-7,9,14H,8H2,(H2,19,21)(H,20,22)/t14-/m1/s1. The average molecular weight is 304 g/mol. The number of rotatable bonds is 5. The van der Waals surface area contributed by atoms with E-state index in [2.05, 4.69) is 5.32 Å². The lowest BCUT2D eigenvalue weighted by atomic mass is 10.0. The van der Waals surface area contributed by atoms with Crippen molar-refractivity contribution in [2.75, 3.05) is 0 Å². The van der Waals surface area contributed by atoms with Gasteiger partial charge in [0.25, 0.3) is 5.91 Å². The SMILES string of the molecule is NC(=O)[C@@H](Cc1ccccc1)NC(=O)c1ccc(F)c(F)c1. The third-order valence-electron chi connectivity index (χ3n) is 3.11. The summed E-state index contributed by atoms with van der Waals surface area (Å²) >= 11 is 0. The molecule has 0 unspecified atom stereocenters. The molecule has 114 valence electrons. The van der Waals surface area contributed by atoms with Crippen molar-refractivity contribution >= 4 is 11.8 Å². The first-order valence-corrected chi connectivity index (χ1v) is 6.56. The molecule has 2 aromatic rings. The fourth-order valence-electron chi connectivity index (χ4n) is 1.95. The number of hydrogen-bond acceptors (Lipinski definition) is 2. The molecule has 0 spiro atoms. The number of benzene rings is 2. The molecule has 22 heavy (non-hydrogen) atoms. The normalized spacial score (nSPS) is 11.7. The highest BCUT2D eigenvalue weighted by Crippen LogP contribution is 2.09. The van der Waals surface area contributed by atoms with E-state index in [0.29, 0.717) is 0 Å². The maximum atomic E-state index is 13.1. The van der Waals surface area contributed by atoms with Crippen LogP contribution in [0, 0.1) is 11.6 Å². The molecule has 0 heterocycles. The molecule has 0 aliphatic carbocycles. The molecule has 0 aromatic heterocycles. The monoisotopic (exact) mass is 304 g/mol. The Kier molecular flexibility index (Phi) is 4.83. The Labute approximate surface area is 125 Å². The Morgan fingerprint density at radius 2 is 1.73 bits per heavy atom. The zero-order valence-corrected chi connectivity index (χ0v) is 11.6. The van der Waals surface area contributed by atoms with Gasteiger partial charge in [-0.15, -0.1) is 0 Å². The lowest BCUT2D eigenvalue weighted by molar-refractivity contribution is -0.119. The highest BCUT2D eigenvalue weighted by molar-refractivity contribution is 5.97. The van der Waals surface area contributed by atoms with Gasteiger partial charge in [-0.3, -0.25) is 9.59 Å². The molecule has 2 rings (SSSR count). The summed E-state index contributed by atoms with van der Waals surface area (Å²) < 4.78 is 26.0. The highest BCUT2D eigenvalue weighted by Gasteiger charge is 2.20. The molecule has 0 radical (unpaired) electrons. The van der Waals surface area contributed by atoms with E-state index in [0.717, 1.165) is 23.8 Å².